The second-order valence-corrected chi connectivity index (χ2v) is 3.38. The number of pyridine rings is 1. The molecule has 0 radical (unpaired) electrons. The lowest BCUT2D eigenvalue weighted by Crippen LogP contribution is -2.28. The molecular weight excluding hydrogens is 218 g/mol. The molecule has 0 saturated carbocycles. The van der Waals surface area contributed by atoms with Crippen LogP contribution in [0.3, 0.4) is 0 Å². The van der Waals surface area contributed by atoms with E-state index in [1.165, 1.54) is 17.3 Å². The van der Waals surface area contributed by atoms with Crippen LogP contribution in [0, 0.1) is 0 Å². The zero-order chi connectivity index (χ0) is 12.3. The third kappa shape index (κ3) is 2.36. The Hall–Kier alpha value is -2.50. The molecule has 6 heteroatoms. The number of rotatable bonds is 2. The Balaban J connectivity index is 2.27. The van der Waals surface area contributed by atoms with Crippen LogP contribution in [0.4, 0.5) is 11.6 Å². The number of amides is 1. The van der Waals surface area contributed by atoms with E-state index in [1.54, 1.807) is 31.4 Å². The van der Waals surface area contributed by atoms with Gasteiger partial charge in [0.2, 0.25) is 0 Å². The van der Waals surface area contributed by atoms with E-state index in [-0.39, 0.29) is 17.4 Å². The van der Waals surface area contributed by atoms with E-state index in [4.69, 9.17) is 5.73 Å². The fourth-order valence-corrected chi connectivity index (χ4v) is 1.31. The Labute approximate surface area is 98.1 Å². The fourth-order valence-electron chi connectivity index (χ4n) is 1.31. The summed E-state index contributed by atoms with van der Waals surface area (Å²) in [4.78, 5) is 25.2. The Bertz CT molecular complexity index is 528. The van der Waals surface area contributed by atoms with Crippen molar-refractivity contribution in [1.29, 1.82) is 0 Å². The van der Waals surface area contributed by atoms with Crippen molar-refractivity contribution in [2.24, 2.45) is 0 Å². The number of nitrogens with zero attached hydrogens (tertiary/aromatic N) is 4. The molecule has 2 heterocycles. The van der Waals surface area contributed by atoms with Crippen molar-refractivity contribution < 1.29 is 4.79 Å². The van der Waals surface area contributed by atoms with E-state index in [9.17, 15) is 4.79 Å². The second-order valence-electron chi connectivity index (χ2n) is 3.38. The molecule has 0 aliphatic carbocycles. The van der Waals surface area contributed by atoms with Crippen molar-refractivity contribution >= 4 is 17.5 Å². The van der Waals surface area contributed by atoms with Crippen molar-refractivity contribution in [3.05, 3.63) is 42.5 Å². The predicted octanol–water partition coefficient (Wildman–Crippen LogP) is 0.730. The van der Waals surface area contributed by atoms with Gasteiger partial charge in [-0.25, -0.2) is 9.97 Å². The predicted molar refractivity (Wildman–Crippen MR) is 63.4 cm³/mol. The standard InChI is InChI=1S/C11H11N5O/c1-16(10-4-2-3-5-14-10)11(17)8-6-13-7-9(12)15-8/h2-7H,1H3,(H2,12,15). The molecule has 0 aromatic carbocycles. The average molecular weight is 229 g/mol. The molecule has 0 unspecified atom stereocenters. The largest absolute Gasteiger partial charge is 0.382 e. The molecule has 6 nitrogen and oxygen atoms in total. The van der Waals surface area contributed by atoms with E-state index in [0.717, 1.165) is 0 Å². The molecule has 0 aliphatic heterocycles. The van der Waals surface area contributed by atoms with Crippen LogP contribution in [-0.4, -0.2) is 27.9 Å². The van der Waals surface area contributed by atoms with Crippen molar-refractivity contribution in [3.63, 3.8) is 0 Å². The van der Waals surface area contributed by atoms with Gasteiger partial charge in [-0.05, 0) is 12.1 Å². The van der Waals surface area contributed by atoms with Crippen LogP contribution < -0.4 is 10.6 Å². The summed E-state index contributed by atoms with van der Waals surface area (Å²) in [6.07, 6.45) is 4.37. The molecule has 86 valence electrons. The first-order valence-electron chi connectivity index (χ1n) is 4.95. The van der Waals surface area contributed by atoms with Crippen molar-refractivity contribution in [2.45, 2.75) is 0 Å². The van der Waals surface area contributed by atoms with E-state index >= 15 is 0 Å². The number of nitrogens with two attached hydrogens (primary N) is 1. The first-order valence-corrected chi connectivity index (χ1v) is 4.95. The van der Waals surface area contributed by atoms with Gasteiger partial charge in [0.25, 0.3) is 5.91 Å². The lowest BCUT2D eigenvalue weighted by atomic mass is 10.3. The van der Waals surface area contributed by atoms with Crippen LogP contribution >= 0.6 is 0 Å². The minimum Gasteiger partial charge on any atom is -0.382 e. The Morgan fingerprint density at radius 1 is 1.35 bits per heavy atom. The molecule has 0 saturated heterocycles. The maximum atomic E-state index is 12.0. The summed E-state index contributed by atoms with van der Waals surface area (Å²) in [6.45, 7) is 0. The van der Waals surface area contributed by atoms with Crippen LogP contribution in [0.2, 0.25) is 0 Å². The minimum atomic E-state index is -0.302. The second kappa shape index (κ2) is 4.56. The highest BCUT2D eigenvalue weighted by molar-refractivity contribution is 6.03. The number of nitrogen functional groups attached to an aromatic ring is 1. The SMILES string of the molecule is CN(C(=O)c1cncc(N)n1)c1ccccn1. The third-order valence-electron chi connectivity index (χ3n) is 2.17. The van der Waals surface area contributed by atoms with Crippen LogP contribution in [0.25, 0.3) is 0 Å². The van der Waals surface area contributed by atoms with Crippen molar-refractivity contribution in [1.82, 2.24) is 15.0 Å². The molecule has 1 amide bonds. The molecule has 0 spiro atoms. The summed E-state index contributed by atoms with van der Waals surface area (Å²) in [5.74, 6) is 0.454. The zero-order valence-corrected chi connectivity index (χ0v) is 9.24. The van der Waals surface area contributed by atoms with Gasteiger partial charge in [-0.3, -0.25) is 14.7 Å². The maximum absolute atomic E-state index is 12.0. The highest BCUT2D eigenvalue weighted by Crippen LogP contribution is 2.10. The van der Waals surface area contributed by atoms with Crippen molar-refractivity contribution in [2.75, 3.05) is 17.7 Å². The Morgan fingerprint density at radius 2 is 2.18 bits per heavy atom. The zero-order valence-electron chi connectivity index (χ0n) is 9.24. The third-order valence-corrected chi connectivity index (χ3v) is 2.17. The number of carbonyl (C=O) groups excluding carboxylic acids is 1. The van der Waals surface area contributed by atoms with Crippen molar-refractivity contribution in [3.8, 4) is 0 Å². The number of aromatic nitrogens is 3. The molecule has 17 heavy (non-hydrogen) atoms. The molecule has 0 fully saturated rings. The fraction of sp³-hybridized carbons (Fsp3) is 0.0909. The van der Waals surface area contributed by atoms with Gasteiger partial charge in [-0.1, -0.05) is 6.07 Å². The Morgan fingerprint density at radius 3 is 2.82 bits per heavy atom. The summed E-state index contributed by atoms with van der Waals surface area (Å²) < 4.78 is 0. The molecule has 2 N–H and O–H groups in total. The first-order chi connectivity index (χ1) is 8.18. The van der Waals surface area contributed by atoms with E-state index in [1.807, 2.05) is 0 Å². The monoisotopic (exact) mass is 229 g/mol. The van der Waals surface area contributed by atoms with Crippen LogP contribution in [0.5, 0.6) is 0 Å². The van der Waals surface area contributed by atoms with Crippen LogP contribution in [-0.2, 0) is 0 Å². The lowest BCUT2D eigenvalue weighted by Gasteiger charge is -2.15. The normalized spacial score (nSPS) is 9.94. The van der Waals surface area contributed by atoms with Gasteiger partial charge in [0.1, 0.15) is 17.3 Å². The summed E-state index contributed by atoms with van der Waals surface area (Å²) in [5, 5.41) is 0. The Kier molecular flexibility index (Phi) is 2.95. The smallest absolute Gasteiger partial charge is 0.279 e. The summed E-state index contributed by atoms with van der Waals surface area (Å²) in [5.41, 5.74) is 5.67. The number of hydrogen-bond donors (Lipinski definition) is 1. The number of anilines is 2. The quantitative estimate of drug-likeness (QED) is 0.820. The maximum Gasteiger partial charge on any atom is 0.279 e. The van der Waals surface area contributed by atoms with Crippen LogP contribution in [0.15, 0.2) is 36.8 Å². The molecule has 0 atom stereocenters. The highest BCUT2D eigenvalue weighted by Gasteiger charge is 2.15. The summed E-state index contributed by atoms with van der Waals surface area (Å²) >= 11 is 0. The van der Waals surface area contributed by atoms with Crippen LogP contribution in [0.1, 0.15) is 10.5 Å². The molecule has 2 aromatic heterocycles. The van der Waals surface area contributed by atoms with Gasteiger partial charge in [0.15, 0.2) is 0 Å². The lowest BCUT2D eigenvalue weighted by molar-refractivity contribution is 0.0987. The first kappa shape index (κ1) is 11.0. The number of hydrogen-bond acceptors (Lipinski definition) is 5. The summed E-state index contributed by atoms with van der Waals surface area (Å²) in [7, 11) is 1.62. The molecule has 0 bridgehead atoms. The van der Waals surface area contributed by atoms with E-state index < -0.39 is 0 Å². The average Bonchev–Trinajstić information content (AvgIpc) is 2.38. The molecule has 0 aliphatic rings. The van der Waals surface area contributed by atoms with Gasteiger partial charge in [0, 0.05) is 13.2 Å². The topological polar surface area (TPSA) is 85.0 Å². The van der Waals surface area contributed by atoms with Gasteiger partial charge < -0.3 is 5.73 Å². The van der Waals surface area contributed by atoms with E-state index in [2.05, 4.69) is 15.0 Å². The van der Waals surface area contributed by atoms with Gasteiger partial charge in [-0.2, -0.15) is 0 Å². The van der Waals surface area contributed by atoms with E-state index in [0.29, 0.717) is 5.82 Å². The van der Waals surface area contributed by atoms with Gasteiger partial charge in [0.05, 0.1) is 12.4 Å². The van der Waals surface area contributed by atoms with Gasteiger partial charge in [-0.15, -0.1) is 0 Å². The summed E-state index contributed by atoms with van der Waals surface area (Å²) in [6, 6.07) is 5.32. The number of carbonyl (C=O) groups is 1. The van der Waals surface area contributed by atoms with Gasteiger partial charge >= 0.3 is 0 Å². The molecular formula is C11H11N5O. The molecule has 2 rings (SSSR count). The molecule has 2 aromatic rings. The highest BCUT2D eigenvalue weighted by atomic mass is 16.2. The minimum absolute atomic E-state index is 0.193.